The molecule has 0 radical (unpaired) electrons. The number of allylic oxidation sites excluding steroid dienone is 1. The van der Waals surface area contributed by atoms with Gasteiger partial charge in [-0.1, -0.05) is 24.3 Å². The fourth-order valence-electron chi connectivity index (χ4n) is 3.51. The number of aliphatic hydroxyl groups excluding tert-OH is 1. The van der Waals surface area contributed by atoms with Crippen molar-refractivity contribution < 1.29 is 23.1 Å². The number of benzene rings is 2. The quantitative estimate of drug-likeness (QED) is 0.412. The van der Waals surface area contributed by atoms with Crippen LogP contribution in [0.5, 0.6) is 0 Å². The van der Waals surface area contributed by atoms with Crippen LogP contribution in [-0.4, -0.2) is 40.2 Å². The zero-order valence-electron chi connectivity index (χ0n) is 19.5. The van der Waals surface area contributed by atoms with Crippen molar-refractivity contribution in [3.63, 3.8) is 0 Å². The minimum Gasteiger partial charge on any atom is -0.405 e. The molecule has 1 atom stereocenters. The molecule has 36 heavy (non-hydrogen) atoms. The average Bonchev–Trinajstić information content (AvgIpc) is 2.87. The smallest absolute Gasteiger partial charge is 0.298 e. The number of carbonyl (C=O) groups excluding carboxylic acids is 1. The molecule has 1 aromatic heterocycles. The van der Waals surface area contributed by atoms with Crippen molar-refractivity contribution in [1.29, 1.82) is 0 Å². The summed E-state index contributed by atoms with van der Waals surface area (Å²) in [5, 5.41) is 15.5. The Morgan fingerprint density at radius 3 is 2.64 bits per heavy atom. The highest BCUT2D eigenvalue weighted by atomic mass is 19.3. The monoisotopic (exact) mass is 499 g/mol. The molecule has 8 nitrogen and oxygen atoms in total. The average molecular weight is 499 g/mol. The maximum Gasteiger partial charge on any atom is 0.298 e. The lowest BCUT2D eigenvalue weighted by Gasteiger charge is -2.20. The van der Waals surface area contributed by atoms with E-state index < -0.39 is 41.4 Å². The summed E-state index contributed by atoms with van der Waals surface area (Å²) in [7, 11) is 1.59. The Bertz CT molecular complexity index is 1390. The van der Waals surface area contributed by atoms with E-state index in [1.807, 2.05) is 0 Å². The van der Waals surface area contributed by atoms with Crippen LogP contribution in [0.15, 0.2) is 76.7 Å². The van der Waals surface area contributed by atoms with Crippen LogP contribution in [0.4, 0.5) is 13.2 Å². The van der Waals surface area contributed by atoms with Gasteiger partial charge in [0.2, 0.25) is 0 Å². The number of hydrogen-bond acceptors (Lipinski definition) is 6. The Morgan fingerprint density at radius 1 is 1.25 bits per heavy atom. The number of nitrogens with two attached hydrogens (primary N) is 1. The van der Waals surface area contributed by atoms with Crippen LogP contribution in [0.1, 0.15) is 40.1 Å². The van der Waals surface area contributed by atoms with Crippen molar-refractivity contribution in [3.05, 3.63) is 105 Å². The number of aromatic nitrogens is 2. The van der Waals surface area contributed by atoms with Crippen LogP contribution in [0, 0.1) is 5.82 Å². The Morgan fingerprint density at radius 2 is 1.97 bits per heavy atom. The van der Waals surface area contributed by atoms with Gasteiger partial charge in [0, 0.05) is 24.2 Å². The van der Waals surface area contributed by atoms with Crippen molar-refractivity contribution in [2.75, 3.05) is 13.7 Å². The Kier molecular flexibility index (Phi) is 8.05. The molecular formula is C25H24F3N5O3. The number of aliphatic hydroxyl groups is 1. The minimum atomic E-state index is -3.78. The van der Waals surface area contributed by atoms with Gasteiger partial charge in [0.25, 0.3) is 17.4 Å². The number of rotatable bonds is 8. The molecule has 4 N–H and O–H groups in total. The third-order valence-electron chi connectivity index (χ3n) is 5.35. The van der Waals surface area contributed by atoms with Crippen molar-refractivity contribution >= 4 is 11.6 Å². The van der Waals surface area contributed by atoms with Crippen LogP contribution in [0.25, 0.3) is 5.69 Å². The second-order valence-electron chi connectivity index (χ2n) is 7.75. The van der Waals surface area contributed by atoms with Crippen LogP contribution in [-0.2, 0) is 5.92 Å². The normalized spacial score (nSPS) is 13.1. The van der Waals surface area contributed by atoms with Crippen LogP contribution in [0.3, 0.4) is 0 Å². The third kappa shape index (κ3) is 5.52. The number of alkyl halides is 2. The number of nitrogens with one attached hydrogen (secondary N) is 1. The number of amides is 1. The number of carbonyl (C=O) groups is 1. The first kappa shape index (κ1) is 26.4. The summed E-state index contributed by atoms with van der Waals surface area (Å²) in [4.78, 5) is 29.5. The molecule has 0 spiro atoms. The molecule has 0 aliphatic rings. The van der Waals surface area contributed by atoms with E-state index in [-0.39, 0.29) is 11.3 Å². The molecule has 2 aromatic carbocycles. The predicted molar refractivity (Wildman–Crippen MR) is 129 cm³/mol. The molecule has 0 fully saturated rings. The lowest BCUT2D eigenvalue weighted by molar-refractivity contribution is -0.0584. The van der Waals surface area contributed by atoms with E-state index >= 15 is 0 Å². The Balaban J connectivity index is 1.91. The van der Waals surface area contributed by atoms with Crippen molar-refractivity contribution in [1.82, 2.24) is 15.1 Å². The molecular weight excluding hydrogens is 475 g/mol. The van der Waals surface area contributed by atoms with E-state index in [0.29, 0.717) is 17.0 Å². The van der Waals surface area contributed by atoms with Gasteiger partial charge in [0.05, 0.1) is 23.0 Å². The van der Waals surface area contributed by atoms with Gasteiger partial charge in [0.15, 0.2) is 0 Å². The largest absolute Gasteiger partial charge is 0.405 e. The zero-order valence-corrected chi connectivity index (χ0v) is 19.5. The molecule has 188 valence electrons. The van der Waals surface area contributed by atoms with Crippen LogP contribution >= 0.6 is 0 Å². The van der Waals surface area contributed by atoms with E-state index in [2.05, 4.69) is 15.4 Å². The van der Waals surface area contributed by atoms with E-state index in [1.165, 1.54) is 31.3 Å². The highest BCUT2D eigenvalue weighted by Gasteiger charge is 2.35. The molecule has 0 unspecified atom stereocenters. The first-order valence-electron chi connectivity index (χ1n) is 10.8. The summed E-state index contributed by atoms with van der Waals surface area (Å²) in [6.45, 7) is -0.151. The SMILES string of the molecule is CN=C(C=CN)c1cccc(-n2nc(C(=O)N[C@H](C)c3cccc(C(F)(F)CO)c3F)ccc2=O)c1. The van der Waals surface area contributed by atoms with Gasteiger partial charge >= 0.3 is 0 Å². The van der Waals surface area contributed by atoms with Crippen molar-refractivity contribution in [3.8, 4) is 5.69 Å². The topological polar surface area (TPSA) is 123 Å². The number of aliphatic imine (C=N–C) groups is 1. The first-order valence-corrected chi connectivity index (χ1v) is 10.8. The first-order chi connectivity index (χ1) is 17.1. The number of nitrogens with zero attached hydrogens (tertiary/aromatic N) is 3. The van der Waals surface area contributed by atoms with Crippen molar-refractivity contribution in [2.24, 2.45) is 10.7 Å². The van der Waals surface area contributed by atoms with E-state index in [4.69, 9.17) is 10.8 Å². The molecule has 1 heterocycles. The standard InChI is InChI=1S/C25H24F3N5O3/c1-15(18-7-4-8-19(23(18)26)25(27,28)14-34)31-24(36)21-9-10-22(35)33(32-21)17-6-3-5-16(13-17)20(30-2)11-12-29/h3-13,15,34H,14,29H2,1-2H3,(H,31,36)/t15-/m1/s1. The maximum atomic E-state index is 14.8. The molecule has 0 saturated carbocycles. The van der Waals surface area contributed by atoms with Gasteiger partial charge in [-0.25, -0.2) is 4.39 Å². The second kappa shape index (κ2) is 11.0. The second-order valence-corrected chi connectivity index (χ2v) is 7.75. The summed E-state index contributed by atoms with van der Waals surface area (Å²) in [5.41, 5.74) is 5.18. The number of halogens is 3. The maximum absolute atomic E-state index is 14.8. The van der Waals surface area contributed by atoms with Gasteiger partial charge in [-0.05, 0) is 43.5 Å². The summed E-state index contributed by atoms with van der Waals surface area (Å²) >= 11 is 0. The van der Waals surface area contributed by atoms with Gasteiger partial charge in [-0.15, -0.1) is 0 Å². The van der Waals surface area contributed by atoms with E-state index in [1.54, 1.807) is 37.4 Å². The van der Waals surface area contributed by atoms with Gasteiger partial charge < -0.3 is 16.2 Å². The Hall–Kier alpha value is -4.25. The zero-order chi connectivity index (χ0) is 26.5. The van der Waals surface area contributed by atoms with Gasteiger partial charge in [-0.2, -0.15) is 18.6 Å². The molecule has 0 aliphatic carbocycles. The van der Waals surface area contributed by atoms with Gasteiger partial charge in [-0.3, -0.25) is 14.6 Å². The summed E-state index contributed by atoms with van der Waals surface area (Å²) in [6, 6.07) is 11.4. The molecule has 1 amide bonds. The summed E-state index contributed by atoms with van der Waals surface area (Å²) < 4.78 is 43.5. The number of hydrogen-bond donors (Lipinski definition) is 3. The predicted octanol–water partition coefficient (Wildman–Crippen LogP) is 2.84. The lowest BCUT2D eigenvalue weighted by Crippen LogP contribution is -2.31. The lowest BCUT2D eigenvalue weighted by atomic mass is 10.0. The summed E-state index contributed by atoms with van der Waals surface area (Å²) in [5.74, 6) is -5.77. The van der Waals surface area contributed by atoms with Crippen LogP contribution < -0.4 is 16.6 Å². The fraction of sp³-hybridized carbons (Fsp3) is 0.200. The molecule has 3 rings (SSSR count). The van der Waals surface area contributed by atoms with E-state index in [9.17, 15) is 22.8 Å². The third-order valence-corrected chi connectivity index (χ3v) is 5.35. The molecule has 11 heteroatoms. The molecule has 0 bridgehead atoms. The van der Waals surface area contributed by atoms with Gasteiger partial charge in [0.1, 0.15) is 18.1 Å². The van der Waals surface area contributed by atoms with E-state index in [0.717, 1.165) is 16.8 Å². The highest BCUT2D eigenvalue weighted by molar-refractivity contribution is 6.08. The highest BCUT2D eigenvalue weighted by Crippen LogP contribution is 2.32. The fourth-order valence-corrected chi connectivity index (χ4v) is 3.51. The van der Waals surface area contributed by atoms with Crippen molar-refractivity contribution in [2.45, 2.75) is 18.9 Å². The minimum absolute atomic E-state index is 0.157. The molecule has 3 aromatic rings. The molecule has 0 saturated heterocycles. The van der Waals surface area contributed by atoms with Crippen LogP contribution in [0.2, 0.25) is 0 Å². The molecule has 0 aliphatic heterocycles. The summed E-state index contributed by atoms with van der Waals surface area (Å²) in [6.07, 6.45) is 2.92. The Labute approximate surface area is 204 Å².